The lowest BCUT2D eigenvalue weighted by atomic mass is 10.1. The second kappa shape index (κ2) is 6.35. The van der Waals surface area contributed by atoms with Gasteiger partial charge in [-0.05, 0) is 41.4 Å². The molecule has 4 rings (SSSR count). The first-order valence-electron chi connectivity index (χ1n) is 8.30. The van der Waals surface area contributed by atoms with Gasteiger partial charge in [0.1, 0.15) is 18.4 Å². The molecule has 9 nitrogen and oxygen atoms in total. The number of amides is 2. The number of hydrazone groups is 1. The SMILES string of the molecule is C[C@@H]1C(=O)NN=C2COc3cc(Br)c(N[C@@H]4CCN(C(=O)O)C4)cc3N21. The first-order chi connectivity index (χ1) is 12.4. The molecule has 0 spiro atoms. The molecule has 0 radical (unpaired) electrons. The first-order valence-corrected chi connectivity index (χ1v) is 9.09. The van der Waals surface area contributed by atoms with Gasteiger partial charge < -0.3 is 25.0 Å². The summed E-state index contributed by atoms with van der Waals surface area (Å²) in [7, 11) is 0. The minimum Gasteiger partial charge on any atom is -0.483 e. The van der Waals surface area contributed by atoms with Crippen molar-refractivity contribution >= 4 is 45.1 Å². The van der Waals surface area contributed by atoms with Crippen LogP contribution in [0.2, 0.25) is 0 Å². The van der Waals surface area contributed by atoms with Gasteiger partial charge in [0.15, 0.2) is 5.84 Å². The summed E-state index contributed by atoms with van der Waals surface area (Å²) >= 11 is 3.54. The number of anilines is 2. The van der Waals surface area contributed by atoms with E-state index in [9.17, 15) is 9.59 Å². The Kier molecular flexibility index (Phi) is 4.14. The molecule has 2 amide bonds. The van der Waals surface area contributed by atoms with Gasteiger partial charge in [0, 0.05) is 23.6 Å². The third kappa shape index (κ3) is 2.83. The fourth-order valence-electron chi connectivity index (χ4n) is 3.43. The molecule has 26 heavy (non-hydrogen) atoms. The summed E-state index contributed by atoms with van der Waals surface area (Å²) in [5.74, 6) is 1.14. The van der Waals surface area contributed by atoms with Crippen LogP contribution in [0.25, 0.3) is 0 Å². The zero-order valence-corrected chi connectivity index (χ0v) is 15.6. The van der Waals surface area contributed by atoms with Crippen LogP contribution in [0.4, 0.5) is 16.2 Å². The van der Waals surface area contributed by atoms with Gasteiger partial charge in [-0.25, -0.2) is 10.2 Å². The second-order valence-corrected chi connectivity index (χ2v) is 7.35. The largest absolute Gasteiger partial charge is 0.483 e. The maximum atomic E-state index is 12.0. The molecular formula is C16H18BrN5O4. The van der Waals surface area contributed by atoms with Crippen molar-refractivity contribution in [2.45, 2.75) is 25.4 Å². The van der Waals surface area contributed by atoms with E-state index in [4.69, 9.17) is 9.84 Å². The Labute approximate surface area is 158 Å². The van der Waals surface area contributed by atoms with Crippen LogP contribution in [0, 0.1) is 0 Å². The molecule has 10 heteroatoms. The molecule has 0 bridgehead atoms. The molecule has 3 aliphatic rings. The molecular weight excluding hydrogens is 406 g/mol. The van der Waals surface area contributed by atoms with Crippen LogP contribution >= 0.6 is 15.9 Å². The average molecular weight is 424 g/mol. The molecule has 3 N–H and O–H groups in total. The highest BCUT2D eigenvalue weighted by Crippen LogP contribution is 2.41. The van der Waals surface area contributed by atoms with Gasteiger partial charge in [0.25, 0.3) is 5.91 Å². The predicted molar refractivity (Wildman–Crippen MR) is 98.8 cm³/mol. The highest BCUT2D eigenvalue weighted by molar-refractivity contribution is 9.10. The van der Waals surface area contributed by atoms with Crippen molar-refractivity contribution in [1.82, 2.24) is 10.3 Å². The fourth-order valence-corrected chi connectivity index (χ4v) is 3.87. The van der Waals surface area contributed by atoms with Gasteiger partial charge in [0.2, 0.25) is 0 Å². The summed E-state index contributed by atoms with van der Waals surface area (Å²) in [6.07, 6.45) is -0.164. The van der Waals surface area contributed by atoms with Crippen LogP contribution in [0.15, 0.2) is 21.7 Å². The summed E-state index contributed by atoms with van der Waals surface area (Å²) in [5.41, 5.74) is 4.09. The number of hydrogen-bond acceptors (Lipinski definition) is 6. The van der Waals surface area contributed by atoms with Crippen LogP contribution in [0.3, 0.4) is 0 Å². The molecule has 138 valence electrons. The average Bonchev–Trinajstić information content (AvgIpc) is 3.07. The number of carboxylic acid groups (broad SMARTS) is 1. The fraction of sp³-hybridized carbons (Fsp3) is 0.438. The Morgan fingerprint density at radius 1 is 1.50 bits per heavy atom. The number of nitrogens with one attached hydrogen (secondary N) is 2. The summed E-state index contributed by atoms with van der Waals surface area (Å²) < 4.78 is 6.58. The number of ether oxygens (including phenoxy) is 1. The van der Waals surface area contributed by atoms with Gasteiger partial charge >= 0.3 is 6.09 Å². The number of carbonyl (C=O) groups excluding carboxylic acids is 1. The molecule has 3 heterocycles. The van der Waals surface area contributed by atoms with Crippen molar-refractivity contribution in [2.24, 2.45) is 5.10 Å². The lowest BCUT2D eigenvalue weighted by Gasteiger charge is -2.38. The molecule has 1 aromatic carbocycles. The number of likely N-dealkylation sites (tertiary alicyclic amines) is 1. The molecule has 1 saturated heterocycles. The van der Waals surface area contributed by atoms with Crippen molar-refractivity contribution in [3.8, 4) is 5.75 Å². The Bertz CT molecular complexity index is 814. The molecule has 0 saturated carbocycles. The van der Waals surface area contributed by atoms with Crippen molar-refractivity contribution in [3.63, 3.8) is 0 Å². The minimum absolute atomic E-state index is 0.0279. The Hall–Kier alpha value is -2.49. The van der Waals surface area contributed by atoms with Crippen LogP contribution in [-0.4, -0.2) is 59.6 Å². The van der Waals surface area contributed by atoms with E-state index in [1.807, 2.05) is 24.0 Å². The van der Waals surface area contributed by atoms with Crippen LogP contribution in [-0.2, 0) is 4.79 Å². The van der Waals surface area contributed by atoms with Crippen molar-refractivity contribution in [3.05, 3.63) is 16.6 Å². The summed E-state index contributed by atoms with van der Waals surface area (Å²) in [6, 6.07) is 3.40. The zero-order chi connectivity index (χ0) is 18.4. The van der Waals surface area contributed by atoms with Gasteiger partial charge in [-0.3, -0.25) is 4.79 Å². The minimum atomic E-state index is -0.902. The molecule has 3 aliphatic heterocycles. The number of halogens is 1. The normalized spacial score (nSPS) is 24.2. The predicted octanol–water partition coefficient (Wildman–Crippen LogP) is 1.64. The highest BCUT2D eigenvalue weighted by Gasteiger charge is 2.36. The van der Waals surface area contributed by atoms with E-state index in [0.29, 0.717) is 24.7 Å². The van der Waals surface area contributed by atoms with E-state index < -0.39 is 12.1 Å². The quantitative estimate of drug-likeness (QED) is 0.667. The summed E-state index contributed by atoms with van der Waals surface area (Å²) in [4.78, 5) is 26.4. The molecule has 2 atom stereocenters. The number of benzene rings is 1. The number of hydrogen-bond donors (Lipinski definition) is 3. The standard InChI is InChI=1S/C16H18BrN5O4/c1-8-15(23)20-19-14-7-26-13-4-10(17)11(5-12(13)22(8)14)18-9-2-3-21(6-9)16(24)25/h4-5,8-9,18H,2-3,6-7H2,1H3,(H,20,23)(H,24,25)/t8-,9-/m1/s1. The third-order valence-electron chi connectivity index (χ3n) is 4.82. The topological polar surface area (TPSA) is 106 Å². The number of nitrogens with zero attached hydrogens (tertiary/aromatic N) is 3. The van der Waals surface area contributed by atoms with Gasteiger partial charge in [-0.1, -0.05) is 0 Å². The molecule has 0 unspecified atom stereocenters. The van der Waals surface area contributed by atoms with E-state index >= 15 is 0 Å². The van der Waals surface area contributed by atoms with Crippen LogP contribution in [0.1, 0.15) is 13.3 Å². The Morgan fingerprint density at radius 2 is 2.31 bits per heavy atom. The van der Waals surface area contributed by atoms with Crippen molar-refractivity contribution < 1.29 is 19.4 Å². The maximum Gasteiger partial charge on any atom is 0.407 e. The summed E-state index contributed by atoms with van der Waals surface area (Å²) in [6.45, 7) is 3.05. The Morgan fingerprint density at radius 3 is 3.04 bits per heavy atom. The van der Waals surface area contributed by atoms with Gasteiger partial charge in [-0.15, -0.1) is 0 Å². The highest BCUT2D eigenvalue weighted by atomic mass is 79.9. The second-order valence-electron chi connectivity index (χ2n) is 6.50. The van der Waals surface area contributed by atoms with E-state index in [-0.39, 0.29) is 18.6 Å². The number of amidine groups is 1. The first kappa shape index (κ1) is 17.0. The van der Waals surface area contributed by atoms with Crippen molar-refractivity contribution in [1.29, 1.82) is 0 Å². The Balaban J connectivity index is 1.63. The molecule has 0 aliphatic carbocycles. The number of rotatable bonds is 2. The van der Waals surface area contributed by atoms with Crippen LogP contribution in [0.5, 0.6) is 5.75 Å². The smallest absolute Gasteiger partial charge is 0.407 e. The van der Waals surface area contributed by atoms with Crippen LogP contribution < -0.4 is 20.4 Å². The van der Waals surface area contributed by atoms with Gasteiger partial charge in [0.05, 0.1) is 11.4 Å². The number of fused-ring (bicyclic) bond motifs is 3. The molecule has 1 aromatic rings. The van der Waals surface area contributed by atoms with E-state index in [0.717, 1.165) is 22.3 Å². The van der Waals surface area contributed by atoms with E-state index in [2.05, 4.69) is 31.8 Å². The number of carbonyl (C=O) groups is 2. The molecule has 1 fully saturated rings. The zero-order valence-electron chi connectivity index (χ0n) is 14.0. The van der Waals surface area contributed by atoms with E-state index in [1.165, 1.54) is 4.90 Å². The monoisotopic (exact) mass is 423 g/mol. The van der Waals surface area contributed by atoms with Crippen molar-refractivity contribution in [2.75, 3.05) is 29.9 Å². The lowest BCUT2D eigenvalue weighted by Crippen LogP contribution is -2.55. The lowest BCUT2D eigenvalue weighted by molar-refractivity contribution is -0.122. The van der Waals surface area contributed by atoms with Gasteiger partial charge in [-0.2, -0.15) is 5.10 Å². The third-order valence-corrected chi connectivity index (χ3v) is 5.48. The maximum absolute atomic E-state index is 12.0. The van der Waals surface area contributed by atoms with E-state index in [1.54, 1.807) is 0 Å². The molecule has 0 aromatic heterocycles. The summed E-state index contributed by atoms with van der Waals surface area (Å²) in [5, 5.41) is 16.6.